The number of amides is 1. The fourth-order valence-corrected chi connectivity index (χ4v) is 3.55. The van der Waals surface area contributed by atoms with Gasteiger partial charge in [0.1, 0.15) is 5.75 Å². The number of ether oxygens (including phenoxy) is 2. The van der Waals surface area contributed by atoms with E-state index in [4.69, 9.17) is 14.6 Å². The van der Waals surface area contributed by atoms with E-state index in [9.17, 15) is 9.90 Å². The molecule has 1 amide bonds. The lowest BCUT2D eigenvalue weighted by atomic mass is 9.95. The van der Waals surface area contributed by atoms with E-state index < -0.39 is 12.2 Å². The SMILES string of the molecule is O=C(Nc1ccccc1O)C1=C[C@@H](c2ccsc2)C[C@@H](OCCCCO)O1. The van der Waals surface area contributed by atoms with E-state index in [-0.39, 0.29) is 24.0 Å². The Kier molecular flexibility index (Phi) is 6.86. The van der Waals surface area contributed by atoms with Crippen molar-refractivity contribution in [3.05, 3.63) is 58.5 Å². The number of aromatic hydroxyl groups is 1. The van der Waals surface area contributed by atoms with Crippen molar-refractivity contribution in [1.82, 2.24) is 0 Å². The molecule has 1 aliphatic heterocycles. The Balaban J connectivity index is 1.72. The topological polar surface area (TPSA) is 88.0 Å². The quantitative estimate of drug-likeness (QED) is 0.474. The van der Waals surface area contributed by atoms with Crippen LogP contribution in [0, 0.1) is 0 Å². The van der Waals surface area contributed by atoms with Gasteiger partial charge in [0.25, 0.3) is 5.91 Å². The second-order valence-electron chi connectivity index (χ2n) is 6.25. The normalized spacial score (nSPS) is 19.2. The molecule has 144 valence electrons. The number of allylic oxidation sites excluding steroid dienone is 1. The molecule has 27 heavy (non-hydrogen) atoms. The smallest absolute Gasteiger partial charge is 0.290 e. The zero-order valence-corrected chi connectivity index (χ0v) is 15.7. The minimum Gasteiger partial charge on any atom is -0.506 e. The van der Waals surface area contributed by atoms with Crippen LogP contribution in [0.1, 0.15) is 30.7 Å². The highest BCUT2D eigenvalue weighted by Gasteiger charge is 2.29. The van der Waals surface area contributed by atoms with Crippen LogP contribution in [0.2, 0.25) is 0 Å². The summed E-state index contributed by atoms with van der Waals surface area (Å²) in [5.41, 5.74) is 1.44. The Hall–Kier alpha value is -2.35. The van der Waals surface area contributed by atoms with E-state index in [0.717, 1.165) is 12.0 Å². The van der Waals surface area contributed by atoms with Crippen molar-refractivity contribution in [1.29, 1.82) is 0 Å². The fourth-order valence-electron chi connectivity index (χ4n) is 2.83. The number of hydrogen-bond acceptors (Lipinski definition) is 6. The van der Waals surface area contributed by atoms with Gasteiger partial charge in [-0.15, -0.1) is 0 Å². The Morgan fingerprint density at radius 1 is 1.30 bits per heavy atom. The zero-order valence-electron chi connectivity index (χ0n) is 14.8. The molecule has 1 aromatic carbocycles. The summed E-state index contributed by atoms with van der Waals surface area (Å²) >= 11 is 1.60. The first kappa shape index (κ1) is 19.4. The molecular formula is C20H23NO5S. The van der Waals surface area contributed by atoms with Gasteiger partial charge in [-0.3, -0.25) is 4.79 Å². The van der Waals surface area contributed by atoms with Gasteiger partial charge in [-0.1, -0.05) is 12.1 Å². The maximum Gasteiger partial charge on any atom is 0.290 e. The Morgan fingerprint density at radius 3 is 2.89 bits per heavy atom. The number of thiophene rings is 1. The number of rotatable bonds is 8. The van der Waals surface area contributed by atoms with Crippen molar-refractivity contribution in [2.75, 3.05) is 18.5 Å². The molecule has 0 unspecified atom stereocenters. The van der Waals surface area contributed by atoms with Crippen molar-refractivity contribution in [3.8, 4) is 5.75 Å². The number of phenolic OH excluding ortho intramolecular Hbond substituents is 1. The fraction of sp³-hybridized carbons (Fsp3) is 0.350. The zero-order chi connectivity index (χ0) is 19.1. The molecule has 0 saturated heterocycles. The summed E-state index contributed by atoms with van der Waals surface area (Å²) in [5, 5.41) is 25.5. The predicted molar refractivity (Wildman–Crippen MR) is 104 cm³/mol. The molecule has 3 rings (SSSR count). The third-order valence-corrected chi connectivity index (χ3v) is 4.96. The maximum atomic E-state index is 12.7. The van der Waals surface area contributed by atoms with Crippen LogP contribution in [-0.2, 0) is 14.3 Å². The molecule has 6 nitrogen and oxygen atoms in total. The van der Waals surface area contributed by atoms with E-state index in [1.54, 1.807) is 35.6 Å². The first-order valence-corrected chi connectivity index (χ1v) is 9.84. The highest BCUT2D eigenvalue weighted by molar-refractivity contribution is 7.08. The molecule has 0 radical (unpaired) electrons. The van der Waals surface area contributed by atoms with Crippen LogP contribution >= 0.6 is 11.3 Å². The lowest BCUT2D eigenvalue weighted by Gasteiger charge is -2.29. The number of aliphatic hydroxyl groups is 1. The standard InChI is InChI=1S/C20H23NO5S/c22-8-3-4-9-25-19-12-15(14-7-10-27-13-14)11-18(26-19)20(24)21-16-5-1-2-6-17(16)23/h1-2,5-7,10-11,13,15,19,22-23H,3-4,8-9,12H2,(H,21,24)/t15-,19+/m1/s1. The number of aliphatic hydroxyl groups excluding tert-OH is 1. The Morgan fingerprint density at radius 2 is 2.15 bits per heavy atom. The number of carbonyl (C=O) groups is 1. The molecular weight excluding hydrogens is 366 g/mol. The highest BCUT2D eigenvalue weighted by Crippen LogP contribution is 2.33. The number of para-hydroxylation sites is 2. The minimum atomic E-state index is -0.538. The number of phenols is 1. The van der Waals surface area contributed by atoms with Crippen LogP contribution in [0.15, 0.2) is 52.9 Å². The monoisotopic (exact) mass is 389 g/mol. The largest absolute Gasteiger partial charge is 0.506 e. The number of benzene rings is 1. The first-order chi connectivity index (χ1) is 13.2. The number of anilines is 1. The summed E-state index contributed by atoms with van der Waals surface area (Å²) in [6, 6.07) is 8.57. The van der Waals surface area contributed by atoms with Crippen LogP contribution < -0.4 is 5.32 Å². The lowest BCUT2D eigenvalue weighted by molar-refractivity contribution is -0.143. The molecule has 0 saturated carbocycles. The second-order valence-corrected chi connectivity index (χ2v) is 7.03. The summed E-state index contributed by atoms with van der Waals surface area (Å²) in [7, 11) is 0. The number of nitrogens with one attached hydrogen (secondary N) is 1. The molecule has 2 atom stereocenters. The maximum absolute atomic E-state index is 12.7. The van der Waals surface area contributed by atoms with Gasteiger partial charge in [-0.05, 0) is 53.4 Å². The van der Waals surface area contributed by atoms with E-state index >= 15 is 0 Å². The van der Waals surface area contributed by atoms with E-state index in [0.29, 0.717) is 25.1 Å². The van der Waals surface area contributed by atoms with Crippen LogP contribution in [0.25, 0.3) is 0 Å². The predicted octanol–water partition coefficient (Wildman–Crippen LogP) is 3.60. The van der Waals surface area contributed by atoms with Gasteiger partial charge in [-0.25, -0.2) is 0 Å². The van der Waals surface area contributed by atoms with Crippen molar-refractivity contribution < 1.29 is 24.5 Å². The minimum absolute atomic E-state index is 0.00607. The van der Waals surface area contributed by atoms with Gasteiger partial charge in [0, 0.05) is 18.9 Å². The average molecular weight is 389 g/mol. The van der Waals surface area contributed by atoms with Crippen LogP contribution in [0.4, 0.5) is 5.69 Å². The molecule has 7 heteroatoms. The number of hydrogen-bond donors (Lipinski definition) is 3. The summed E-state index contributed by atoms with van der Waals surface area (Å²) in [6.45, 7) is 0.580. The Labute approximate surface area is 162 Å². The molecule has 1 aromatic heterocycles. The molecule has 2 heterocycles. The third-order valence-electron chi connectivity index (χ3n) is 4.26. The molecule has 0 bridgehead atoms. The van der Waals surface area contributed by atoms with E-state index in [1.165, 1.54) is 6.07 Å². The summed E-state index contributed by atoms with van der Waals surface area (Å²) in [4.78, 5) is 12.7. The van der Waals surface area contributed by atoms with Gasteiger partial charge in [0.2, 0.25) is 6.29 Å². The number of carbonyl (C=O) groups excluding carboxylic acids is 1. The molecule has 0 spiro atoms. The van der Waals surface area contributed by atoms with Gasteiger partial charge in [0.15, 0.2) is 5.76 Å². The summed E-state index contributed by atoms with van der Waals surface area (Å²) < 4.78 is 11.5. The van der Waals surface area contributed by atoms with Crippen molar-refractivity contribution in [3.63, 3.8) is 0 Å². The van der Waals surface area contributed by atoms with E-state index in [1.807, 2.05) is 16.8 Å². The van der Waals surface area contributed by atoms with Crippen LogP contribution in [0.5, 0.6) is 5.75 Å². The Bertz CT molecular complexity index is 774. The van der Waals surface area contributed by atoms with Gasteiger partial charge < -0.3 is 25.0 Å². The lowest BCUT2D eigenvalue weighted by Crippen LogP contribution is -2.29. The summed E-state index contributed by atoms with van der Waals surface area (Å²) in [6.07, 6.45) is 3.26. The van der Waals surface area contributed by atoms with Gasteiger partial charge >= 0.3 is 0 Å². The summed E-state index contributed by atoms with van der Waals surface area (Å²) in [5.74, 6) is -0.250. The molecule has 3 N–H and O–H groups in total. The molecule has 0 aliphatic carbocycles. The van der Waals surface area contributed by atoms with Gasteiger partial charge in [-0.2, -0.15) is 11.3 Å². The molecule has 0 fully saturated rings. The van der Waals surface area contributed by atoms with E-state index in [2.05, 4.69) is 5.32 Å². The second kappa shape index (κ2) is 9.55. The van der Waals surface area contributed by atoms with Crippen molar-refractivity contribution in [2.45, 2.75) is 31.5 Å². The van der Waals surface area contributed by atoms with Crippen molar-refractivity contribution in [2.24, 2.45) is 0 Å². The molecule has 2 aromatic rings. The number of unbranched alkanes of at least 4 members (excludes halogenated alkanes) is 1. The van der Waals surface area contributed by atoms with Crippen molar-refractivity contribution >= 4 is 22.9 Å². The third kappa shape index (κ3) is 5.32. The highest BCUT2D eigenvalue weighted by atomic mass is 32.1. The first-order valence-electron chi connectivity index (χ1n) is 8.89. The van der Waals surface area contributed by atoms with Crippen LogP contribution in [-0.4, -0.2) is 35.6 Å². The average Bonchev–Trinajstić information content (AvgIpc) is 3.22. The van der Waals surface area contributed by atoms with Crippen LogP contribution in [0.3, 0.4) is 0 Å². The molecule has 1 aliphatic rings. The van der Waals surface area contributed by atoms with Gasteiger partial charge in [0.05, 0.1) is 12.3 Å².